The average molecular weight is 224 g/mol. The van der Waals surface area contributed by atoms with Crippen LogP contribution in [0.2, 0.25) is 0 Å². The second-order valence-electron chi connectivity index (χ2n) is 3.38. The van der Waals surface area contributed by atoms with E-state index in [-0.39, 0.29) is 11.8 Å². The lowest BCUT2D eigenvalue weighted by Gasteiger charge is -2.10. The minimum Gasteiger partial charge on any atom is -0.357 e. The lowest BCUT2D eigenvalue weighted by Crippen LogP contribution is -2.29. The van der Waals surface area contributed by atoms with Gasteiger partial charge in [-0.05, 0) is 37.6 Å². The van der Waals surface area contributed by atoms with E-state index < -0.39 is 0 Å². The predicted molar refractivity (Wildman–Crippen MR) is 64.2 cm³/mol. The van der Waals surface area contributed by atoms with Crippen molar-refractivity contribution >= 4 is 11.6 Å². The molecule has 88 valence electrons. The van der Waals surface area contributed by atoms with Gasteiger partial charge in [-0.1, -0.05) is 6.07 Å². The summed E-state index contributed by atoms with van der Waals surface area (Å²) in [5, 5.41) is 13.0. The van der Waals surface area contributed by atoms with Crippen molar-refractivity contribution in [3.8, 4) is 0 Å². The van der Waals surface area contributed by atoms with Crippen LogP contribution in [0, 0.1) is 11.2 Å². The Morgan fingerprint density at radius 1 is 1.50 bits per heavy atom. The highest BCUT2D eigenvalue weighted by Crippen LogP contribution is 2.14. The van der Waals surface area contributed by atoms with Gasteiger partial charge in [-0.3, -0.25) is 5.41 Å². The number of nitrogens with two attached hydrogens (primary N) is 1. The summed E-state index contributed by atoms with van der Waals surface area (Å²) in [6.07, 6.45) is 0.525. The van der Waals surface area contributed by atoms with Crippen molar-refractivity contribution in [2.75, 3.05) is 18.4 Å². The summed E-state index contributed by atoms with van der Waals surface area (Å²) >= 11 is 0. The van der Waals surface area contributed by atoms with Crippen molar-refractivity contribution in [1.82, 2.24) is 5.32 Å². The average Bonchev–Trinajstić information content (AvgIpc) is 2.22. The molecule has 0 bridgehead atoms. The van der Waals surface area contributed by atoms with Crippen LogP contribution < -0.4 is 16.4 Å². The number of rotatable bonds is 4. The zero-order chi connectivity index (χ0) is 12.0. The molecule has 1 rings (SSSR count). The number of halogens is 1. The Kier molecular flexibility index (Phi) is 4.72. The number of guanidine groups is 1. The third kappa shape index (κ3) is 3.51. The summed E-state index contributed by atoms with van der Waals surface area (Å²) in [4.78, 5) is 0. The van der Waals surface area contributed by atoms with Gasteiger partial charge in [0.1, 0.15) is 5.82 Å². The lowest BCUT2D eigenvalue weighted by atomic mass is 10.1. The Balaban J connectivity index is 2.69. The van der Waals surface area contributed by atoms with Gasteiger partial charge in [0.15, 0.2) is 5.96 Å². The van der Waals surface area contributed by atoms with Gasteiger partial charge in [-0.25, -0.2) is 4.39 Å². The van der Waals surface area contributed by atoms with E-state index in [1.807, 2.05) is 6.92 Å². The quantitative estimate of drug-likeness (QED) is 0.460. The molecule has 0 saturated heterocycles. The Morgan fingerprint density at radius 2 is 2.25 bits per heavy atom. The van der Waals surface area contributed by atoms with Crippen LogP contribution in [-0.2, 0) is 6.42 Å². The number of benzene rings is 1. The summed E-state index contributed by atoms with van der Waals surface area (Å²) in [5.41, 5.74) is 6.52. The molecule has 4 nitrogen and oxygen atoms in total. The van der Waals surface area contributed by atoms with E-state index >= 15 is 0 Å². The second kappa shape index (κ2) is 6.07. The standard InChI is InChI=1S/C11H17FN4/c1-2-15-11(14)16-9-4-3-8(5-6-13)10(12)7-9/h3-4,7H,2,5-6,13H2,1H3,(H3,14,15,16). The molecule has 0 amide bonds. The Morgan fingerprint density at radius 3 is 2.81 bits per heavy atom. The fourth-order valence-electron chi connectivity index (χ4n) is 1.35. The minimum absolute atomic E-state index is 0.161. The maximum atomic E-state index is 13.5. The van der Waals surface area contributed by atoms with Crippen molar-refractivity contribution < 1.29 is 4.39 Å². The van der Waals surface area contributed by atoms with Gasteiger partial charge in [0, 0.05) is 12.2 Å². The van der Waals surface area contributed by atoms with Crippen LogP contribution >= 0.6 is 0 Å². The topological polar surface area (TPSA) is 73.9 Å². The Labute approximate surface area is 94.5 Å². The van der Waals surface area contributed by atoms with E-state index in [9.17, 15) is 4.39 Å². The molecule has 0 aliphatic carbocycles. The molecular formula is C11H17FN4. The SMILES string of the molecule is CCNC(=N)Nc1ccc(CCN)c(F)c1. The van der Waals surface area contributed by atoms with Crippen LogP contribution in [0.4, 0.5) is 10.1 Å². The molecule has 0 atom stereocenters. The molecule has 5 heteroatoms. The van der Waals surface area contributed by atoms with Crippen molar-refractivity contribution in [3.05, 3.63) is 29.6 Å². The molecule has 0 spiro atoms. The van der Waals surface area contributed by atoms with E-state index in [0.717, 1.165) is 0 Å². The highest BCUT2D eigenvalue weighted by Gasteiger charge is 2.03. The highest BCUT2D eigenvalue weighted by molar-refractivity contribution is 5.91. The van der Waals surface area contributed by atoms with Gasteiger partial charge < -0.3 is 16.4 Å². The fourth-order valence-corrected chi connectivity index (χ4v) is 1.35. The first-order chi connectivity index (χ1) is 7.67. The third-order valence-electron chi connectivity index (χ3n) is 2.09. The number of nitrogens with one attached hydrogen (secondary N) is 3. The number of anilines is 1. The third-order valence-corrected chi connectivity index (χ3v) is 2.09. The molecule has 16 heavy (non-hydrogen) atoms. The molecule has 1 aromatic carbocycles. The zero-order valence-corrected chi connectivity index (χ0v) is 9.31. The van der Waals surface area contributed by atoms with Crippen LogP contribution in [0.1, 0.15) is 12.5 Å². The number of hydrogen-bond acceptors (Lipinski definition) is 2. The van der Waals surface area contributed by atoms with Crippen molar-refractivity contribution in [3.63, 3.8) is 0 Å². The van der Waals surface area contributed by atoms with Gasteiger partial charge in [-0.2, -0.15) is 0 Å². The molecule has 0 saturated carbocycles. The summed E-state index contributed by atoms with van der Waals surface area (Å²) in [6.45, 7) is 2.97. The van der Waals surface area contributed by atoms with Crippen LogP contribution in [0.5, 0.6) is 0 Å². The predicted octanol–water partition coefficient (Wildman–Crippen LogP) is 1.28. The van der Waals surface area contributed by atoms with E-state index in [2.05, 4.69) is 10.6 Å². The first-order valence-corrected chi connectivity index (χ1v) is 5.25. The van der Waals surface area contributed by atoms with Crippen molar-refractivity contribution in [2.24, 2.45) is 5.73 Å². The smallest absolute Gasteiger partial charge is 0.192 e. The summed E-state index contributed by atoms with van der Waals surface area (Å²) in [6, 6.07) is 4.79. The molecule has 1 aromatic rings. The largest absolute Gasteiger partial charge is 0.357 e. The molecule has 5 N–H and O–H groups in total. The summed E-state index contributed by atoms with van der Waals surface area (Å²) in [5.74, 6) is -0.131. The van der Waals surface area contributed by atoms with Crippen LogP contribution in [0.15, 0.2) is 18.2 Å². The molecular weight excluding hydrogens is 207 g/mol. The maximum Gasteiger partial charge on any atom is 0.192 e. The Hall–Kier alpha value is -1.62. The minimum atomic E-state index is -0.292. The molecule has 0 aliphatic heterocycles. The monoisotopic (exact) mass is 224 g/mol. The van der Waals surface area contributed by atoms with Gasteiger partial charge in [0.05, 0.1) is 0 Å². The summed E-state index contributed by atoms with van der Waals surface area (Å²) in [7, 11) is 0. The van der Waals surface area contributed by atoms with Gasteiger partial charge in [0.25, 0.3) is 0 Å². The Bertz CT molecular complexity index is 365. The van der Waals surface area contributed by atoms with Crippen molar-refractivity contribution in [1.29, 1.82) is 5.41 Å². The lowest BCUT2D eigenvalue weighted by molar-refractivity contribution is 0.610. The first-order valence-electron chi connectivity index (χ1n) is 5.25. The zero-order valence-electron chi connectivity index (χ0n) is 9.31. The van der Waals surface area contributed by atoms with Crippen molar-refractivity contribution in [2.45, 2.75) is 13.3 Å². The number of hydrogen-bond donors (Lipinski definition) is 4. The fraction of sp³-hybridized carbons (Fsp3) is 0.364. The summed E-state index contributed by atoms with van der Waals surface area (Å²) < 4.78 is 13.5. The first kappa shape index (κ1) is 12.4. The van der Waals surface area contributed by atoms with Gasteiger partial charge in [-0.15, -0.1) is 0 Å². The second-order valence-corrected chi connectivity index (χ2v) is 3.38. The molecule has 0 radical (unpaired) electrons. The van der Waals surface area contributed by atoms with E-state index in [1.54, 1.807) is 12.1 Å². The molecule has 0 aromatic heterocycles. The van der Waals surface area contributed by atoms with E-state index in [1.165, 1.54) is 6.07 Å². The van der Waals surface area contributed by atoms with Crippen LogP contribution in [-0.4, -0.2) is 19.0 Å². The highest BCUT2D eigenvalue weighted by atomic mass is 19.1. The molecule has 0 unspecified atom stereocenters. The normalized spacial score (nSPS) is 9.94. The van der Waals surface area contributed by atoms with Crippen LogP contribution in [0.3, 0.4) is 0 Å². The molecule has 0 aliphatic rings. The van der Waals surface area contributed by atoms with Gasteiger partial charge >= 0.3 is 0 Å². The van der Waals surface area contributed by atoms with E-state index in [0.29, 0.717) is 30.8 Å². The maximum absolute atomic E-state index is 13.5. The van der Waals surface area contributed by atoms with Crippen LogP contribution in [0.25, 0.3) is 0 Å². The molecule has 0 fully saturated rings. The van der Waals surface area contributed by atoms with Gasteiger partial charge in [0.2, 0.25) is 0 Å². The van der Waals surface area contributed by atoms with E-state index in [4.69, 9.17) is 11.1 Å². The molecule has 0 heterocycles.